The Labute approximate surface area is 142 Å². The maximum absolute atomic E-state index is 5.28. The molecule has 1 aromatic rings. The zero-order chi connectivity index (χ0) is 17.1. The number of benzene rings is 1. The molecule has 0 radical (unpaired) electrons. The molecule has 1 aromatic carbocycles. The summed E-state index contributed by atoms with van der Waals surface area (Å²) in [5.41, 5.74) is 2.44. The molecule has 0 saturated carbocycles. The number of hydrogen-bond acceptors (Lipinski definition) is 3. The van der Waals surface area contributed by atoms with Gasteiger partial charge in [0.2, 0.25) is 0 Å². The lowest BCUT2D eigenvalue weighted by atomic mass is 10.0. The topological polar surface area (TPSA) is 24.5 Å². The van der Waals surface area contributed by atoms with E-state index >= 15 is 0 Å². The molecule has 1 atom stereocenters. The van der Waals surface area contributed by atoms with Crippen molar-refractivity contribution in [3.05, 3.63) is 48.6 Å². The van der Waals surface area contributed by atoms with Gasteiger partial charge in [0.15, 0.2) is 0 Å². The largest absolute Gasteiger partial charge is 0.497 e. The summed E-state index contributed by atoms with van der Waals surface area (Å²) in [6.07, 6.45) is 6.55. The first-order chi connectivity index (χ1) is 11.2. The van der Waals surface area contributed by atoms with Crippen LogP contribution in [0.25, 0.3) is 0 Å². The van der Waals surface area contributed by atoms with Crippen molar-refractivity contribution in [2.75, 3.05) is 32.1 Å². The normalized spacial score (nSPS) is 18.6. The fourth-order valence-corrected chi connectivity index (χ4v) is 2.80. The van der Waals surface area contributed by atoms with Crippen molar-refractivity contribution in [2.24, 2.45) is 0 Å². The molecular formula is C20H32N2O. The van der Waals surface area contributed by atoms with E-state index < -0.39 is 0 Å². The predicted octanol–water partition coefficient (Wildman–Crippen LogP) is 4.73. The number of nitrogens with zero attached hydrogens (tertiary/aromatic N) is 1. The number of methoxy groups -OCH3 is 1. The maximum Gasteiger partial charge on any atom is 0.120 e. The molecule has 0 spiro atoms. The van der Waals surface area contributed by atoms with E-state index in [1.165, 1.54) is 25.0 Å². The molecule has 1 unspecified atom stereocenters. The zero-order valence-corrected chi connectivity index (χ0v) is 15.1. The maximum atomic E-state index is 5.28. The average Bonchev–Trinajstić information content (AvgIpc) is 2.62. The molecule has 1 N–H and O–H groups in total. The van der Waals surface area contributed by atoms with Crippen molar-refractivity contribution in [2.45, 2.75) is 39.7 Å². The van der Waals surface area contributed by atoms with E-state index in [2.05, 4.69) is 41.9 Å². The molecule has 0 amide bonds. The second-order valence-corrected chi connectivity index (χ2v) is 5.52. The van der Waals surface area contributed by atoms with Crippen LogP contribution >= 0.6 is 0 Å². The Morgan fingerprint density at radius 1 is 1.43 bits per heavy atom. The first kappa shape index (κ1) is 19.3. The standard InChI is InChI=1S/C18H26N2O.C2H6/c1-4-15(5-2)13-20-11-7-9-17(14-20)19-16-8-6-10-18(12-16)21-3;1-2/h4-6,8,10,12,17,19H,1,7,9,11,13-14H2,2-3H3;1-2H3/b15-5+;. The van der Waals surface area contributed by atoms with Crippen molar-refractivity contribution < 1.29 is 4.74 Å². The van der Waals surface area contributed by atoms with Gasteiger partial charge < -0.3 is 10.1 Å². The number of nitrogens with one attached hydrogen (secondary N) is 1. The highest BCUT2D eigenvalue weighted by Crippen LogP contribution is 2.21. The van der Waals surface area contributed by atoms with Crippen LogP contribution in [0, 0.1) is 0 Å². The van der Waals surface area contributed by atoms with Crippen molar-refractivity contribution in [3.63, 3.8) is 0 Å². The van der Waals surface area contributed by atoms with Gasteiger partial charge in [-0.05, 0) is 44.0 Å². The van der Waals surface area contributed by atoms with Gasteiger partial charge in [0.25, 0.3) is 0 Å². The highest BCUT2D eigenvalue weighted by molar-refractivity contribution is 5.49. The van der Waals surface area contributed by atoms with Crippen LogP contribution in [0.2, 0.25) is 0 Å². The second-order valence-electron chi connectivity index (χ2n) is 5.52. The summed E-state index contributed by atoms with van der Waals surface area (Å²) in [4.78, 5) is 2.50. The van der Waals surface area contributed by atoms with E-state index in [9.17, 15) is 0 Å². The fraction of sp³-hybridized carbons (Fsp3) is 0.500. The van der Waals surface area contributed by atoms with Crippen LogP contribution in [0.5, 0.6) is 5.75 Å². The predicted molar refractivity (Wildman–Crippen MR) is 101 cm³/mol. The Kier molecular flexibility index (Phi) is 9.15. The van der Waals surface area contributed by atoms with E-state index in [1.807, 2.05) is 32.1 Å². The van der Waals surface area contributed by atoms with Crippen LogP contribution in [-0.2, 0) is 0 Å². The molecule has 0 aromatic heterocycles. The van der Waals surface area contributed by atoms with Gasteiger partial charge in [-0.3, -0.25) is 4.90 Å². The molecule has 3 heteroatoms. The average molecular weight is 316 g/mol. The van der Waals surface area contributed by atoms with Crippen LogP contribution in [0.1, 0.15) is 33.6 Å². The van der Waals surface area contributed by atoms with Crippen molar-refractivity contribution in [1.82, 2.24) is 4.90 Å². The van der Waals surface area contributed by atoms with E-state index in [0.717, 1.165) is 24.5 Å². The third-order valence-corrected chi connectivity index (χ3v) is 3.99. The summed E-state index contributed by atoms with van der Waals surface area (Å²) in [6.45, 7) is 13.2. The number of hydrogen-bond donors (Lipinski definition) is 1. The molecule has 0 bridgehead atoms. The lowest BCUT2D eigenvalue weighted by Gasteiger charge is -2.34. The third kappa shape index (κ3) is 6.49. The van der Waals surface area contributed by atoms with Gasteiger partial charge >= 0.3 is 0 Å². The van der Waals surface area contributed by atoms with Gasteiger partial charge in [-0.1, -0.05) is 38.6 Å². The highest BCUT2D eigenvalue weighted by atomic mass is 16.5. The molecule has 1 aliphatic heterocycles. The summed E-state index contributed by atoms with van der Waals surface area (Å²) in [6, 6.07) is 8.65. The van der Waals surface area contributed by atoms with Gasteiger partial charge in [-0.25, -0.2) is 0 Å². The van der Waals surface area contributed by atoms with Gasteiger partial charge in [0, 0.05) is 30.9 Å². The first-order valence-electron chi connectivity index (χ1n) is 8.65. The quantitative estimate of drug-likeness (QED) is 0.768. The number of allylic oxidation sites excluding steroid dienone is 1. The zero-order valence-electron chi connectivity index (χ0n) is 15.1. The van der Waals surface area contributed by atoms with Crippen LogP contribution in [-0.4, -0.2) is 37.7 Å². The summed E-state index contributed by atoms with van der Waals surface area (Å²) < 4.78 is 5.28. The lowest BCUT2D eigenvalue weighted by Crippen LogP contribution is -2.42. The number of ether oxygens (including phenoxy) is 1. The summed E-state index contributed by atoms with van der Waals surface area (Å²) in [5, 5.41) is 3.63. The Morgan fingerprint density at radius 2 is 2.22 bits per heavy atom. The van der Waals surface area contributed by atoms with E-state index in [4.69, 9.17) is 4.74 Å². The molecule has 23 heavy (non-hydrogen) atoms. The Bertz CT molecular complexity index is 496. The van der Waals surface area contributed by atoms with Crippen molar-refractivity contribution in [3.8, 4) is 5.75 Å². The first-order valence-corrected chi connectivity index (χ1v) is 8.65. The SMILES string of the molecule is C=C/C(=C\C)CN1CCCC(Nc2cccc(OC)c2)C1.CC. The minimum atomic E-state index is 0.494. The molecule has 0 aliphatic carbocycles. The van der Waals surface area contributed by atoms with Crippen LogP contribution in [0.3, 0.4) is 0 Å². The van der Waals surface area contributed by atoms with Crippen LogP contribution in [0.15, 0.2) is 48.6 Å². The number of likely N-dealkylation sites (tertiary alicyclic amines) is 1. The molecule has 128 valence electrons. The third-order valence-electron chi connectivity index (χ3n) is 3.99. The number of rotatable bonds is 6. The van der Waals surface area contributed by atoms with Crippen molar-refractivity contribution >= 4 is 5.69 Å². The summed E-state index contributed by atoms with van der Waals surface area (Å²) in [5.74, 6) is 0.899. The monoisotopic (exact) mass is 316 g/mol. The minimum absolute atomic E-state index is 0.494. The second kappa shape index (κ2) is 10.9. The van der Waals surface area contributed by atoms with E-state index in [1.54, 1.807) is 7.11 Å². The smallest absolute Gasteiger partial charge is 0.120 e. The van der Waals surface area contributed by atoms with Crippen molar-refractivity contribution in [1.29, 1.82) is 0 Å². The Morgan fingerprint density at radius 3 is 2.87 bits per heavy atom. The van der Waals surface area contributed by atoms with Gasteiger partial charge in [-0.15, -0.1) is 0 Å². The number of anilines is 1. The number of piperidine rings is 1. The van der Waals surface area contributed by atoms with Gasteiger partial charge in [-0.2, -0.15) is 0 Å². The van der Waals surface area contributed by atoms with Crippen LogP contribution < -0.4 is 10.1 Å². The molecule has 3 nitrogen and oxygen atoms in total. The van der Waals surface area contributed by atoms with Crippen LogP contribution in [0.4, 0.5) is 5.69 Å². The summed E-state index contributed by atoms with van der Waals surface area (Å²) >= 11 is 0. The Balaban J connectivity index is 0.00000127. The minimum Gasteiger partial charge on any atom is -0.497 e. The molecule has 1 fully saturated rings. The molecule has 1 saturated heterocycles. The molecule has 1 aliphatic rings. The highest BCUT2D eigenvalue weighted by Gasteiger charge is 2.19. The summed E-state index contributed by atoms with van der Waals surface area (Å²) in [7, 11) is 1.70. The van der Waals surface area contributed by atoms with E-state index in [-0.39, 0.29) is 0 Å². The Hall–Kier alpha value is -1.74. The van der Waals surface area contributed by atoms with E-state index in [0.29, 0.717) is 6.04 Å². The molecular weight excluding hydrogens is 284 g/mol. The van der Waals surface area contributed by atoms with Gasteiger partial charge in [0.05, 0.1) is 7.11 Å². The molecule has 1 heterocycles. The fourth-order valence-electron chi connectivity index (χ4n) is 2.80. The lowest BCUT2D eigenvalue weighted by molar-refractivity contribution is 0.234. The van der Waals surface area contributed by atoms with Gasteiger partial charge in [0.1, 0.15) is 5.75 Å². The molecule has 2 rings (SSSR count).